The number of ether oxygens (including phenoxy) is 1. The Morgan fingerprint density at radius 3 is 2.38 bits per heavy atom. The molecule has 0 aromatic heterocycles. The van der Waals surface area contributed by atoms with Gasteiger partial charge in [0.1, 0.15) is 17.4 Å². The maximum atomic E-state index is 12.9. The molecule has 2 aromatic carbocycles. The molecule has 1 fully saturated rings. The minimum Gasteiger partial charge on any atom is -0.546 e. The monoisotopic (exact) mass is 393 g/mol. The third-order valence-electron chi connectivity index (χ3n) is 4.29. The number of imide groups is 2. The van der Waals surface area contributed by atoms with Crippen molar-refractivity contribution in [3.63, 3.8) is 0 Å². The first-order valence-electron chi connectivity index (χ1n) is 8.72. The summed E-state index contributed by atoms with van der Waals surface area (Å²) in [6.07, 6.45) is 0.222. The molecule has 2 aromatic rings. The summed E-state index contributed by atoms with van der Waals surface area (Å²) in [6, 6.07) is 12.1. The molecule has 29 heavy (non-hydrogen) atoms. The lowest BCUT2D eigenvalue weighted by atomic mass is 10.1. The Hall–Kier alpha value is -3.94. The number of hydrogen-bond acceptors (Lipinski definition) is 6. The lowest BCUT2D eigenvalue weighted by Gasteiger charge is -2.27. The number of hydrogen-bond donors (Lipinski definition) is 1. The first-order valence-corrected chi connectivity index (χ1v) is 8.72. The number of urea groups is 1. The van der Waals surface area contributed by atoms with Gasteiger partial charge in [-0.2, -0.15) is 0 Å². The molecule has 1 atom stereocenters. The van der Waals surface area contributed by atoms with Crippen molar-refractivity contribution in [3.8, 4) is 5.75 Å². The number of aryl methyl sites for hydroxylation is 1. The molecule has 1 aliphatic heterocycles. The van der Waals surface area contributed by atoms with E-state index in [1.165, 1.54) is 25.1 Å². The van der Waals surface area contributed by atoms with Crippen LogP contribution in [-0.2, 0) is 14.4 Å². The van der Waals surface area contributed by atoms with Gasteiger partial charge < -0.3 is 14.6 Å². The van der Waals surface area contributed by atoms with Gasteiger partial charge in [-0.3, -0.25) is 14.9 Å². The van der Waals surface area contributed by atoms with Gasteiger partial charge in [0.2, 0.25) is 0 Å². The number of anilines is 1. The molecule has 4 amide bonds. The van der Waals surface area contributed by atoms with Crippen LogP contribution >= 0.6 is 0 Å². The fraction of sp³-hybridized carbons (Fsp3) is 0.143. The second kappa shape index (κ2) is 7.97. The zero-order valence-electron chi connectivity index (χ0n) is 15.7. The Labute approximate surface area is 166 Å². The smallest absolute Gasteiger partial charge is 0.335 e. The first kappa shape index (κ1) is 19.8. The normalized spacial score (nSPS) is 16.6. The van der Waals surface area contributed by atoms with Crippen molar-refractivity contribution in [2.24, 2.45) is 0 Å². The number of barbiturate groups is 1. The Morgan fingerprint density at radius 2 is 1.76 bits per heavy atom. The molecular weight excluding hydrogens is 376 g/mol. The molecule has 3 rings (SSSR count). The van der Waals surface area contributed by atoms with E-state index in [2.05, 4.69) is 5.32 Å². The highest BCUT2D eigenvalue weighted by Gasteiger charge is 2.37. The van der Waals surface area contributed by atoms with Crippen molar-refractivity contribution in [2.45, 2.75) is 20.0 Å². The molecule has 0 saturated carbocycles. The molecule has 148 valence electrons. The van der Waals surface area contributed by atoms with Crippen LogP contribution in [0.1, 0.15) is 18.1 Å². The topological polar surface area (TPSA) is 116 Å². The van der Waals surface area contributed by atoms with Crippen molar-refractivity contribution in [2.75, 3.05) is 4.90 Å². The van der Waals surface area contributed by atoms with Crippen molar-refractivity contribution in [3.05, 3.63) is 65.2 Å². The van der Waals surface area contributed by atoms with Crippen molar-refractivity contribution in [1.82, 2.24) is 5.32 Å². The fourth-order valence-corrected chi connectivity index (χ4v) is 2.75. The maximum absolute atomic E-state index is 12.9. The van der Waals surface area contributed by atoms with E-state index in [9.17, 15) is 24.3 Å². The maximum Gasteiger partial charge on any atom is 0.335 e. The SMILES string of the molecule is Cc1ccccc1N1C(=O)NC(=O)/C(=C\c2ccc(O[C@@H](C)C(=O)[O-])cc2)C1=O. The van der Waals surface area contributed by atoms with Gasteiger partial charge in [0.05, 0.1) is 11.7 Å². The summed E-state index contributed by atoms with van der Waals surface area (Å²) < 4.78 is 5.18. The Morgan fingerprint density at radius 1 is 1.10 bits per heavy atom. The van der Waals surface area contributed by atoms with Gasteiger partial charge in [-0.1, -0.05) is 30.3 Å². The largest absolute Gasteiger partial charge is 0.546 e. The van der Waals surface area contributed by atoms with Crippen LogP contribution in [0.25, 0.3) is 6.08 Å². The predicted molar refractivity (Wildman–Crippen MR) is 102 cm³/mol. The molecule has 0 unspecified atom stereocenters. The lowest BCUT2D eigenvalue weighted by Crippen LogP contribution is -2.54. The van der Waals surface area contributed by atoms with Gasteiger partial charge in [0.15, 0.2) is 0 Å². The zero-order chi connectivity index (χ0) is 21.1. The third kappa shape index (κ3) is 4.16. The van der Waals surface area contributed by atoms with E-state index in [-0.39, 0.29) is 5.57 Å². The average molecular weight is 393 g/mol. The lowest BCUT2D eigenvalue weighted by molar-refractivity contribution is -0.312. The molecule has 0 radical (unpaired) electrons. The molecule has 0 aliphatic carbocycles. The molecule has 8 heteroatoms. The number of para-hydroxylation sites is 1. The summed E-state index contributed by atoms with van der Waals surface area (Å²) in [5.41, 5.74) is 1.38. The summed E-state index contributed by atoms with van der Waals surface area (Å²) in [5, 5.41) is 12.9. The van der Waals surface area contributed by atoms with Crippen molar-refractivity contribution < 1.29 is 29.0 Å². The Bertz CT molecular complexity index is 1030. The quantitative estimate of drug-likeness (QED) is 0.602. The summed E-state index contributed by atoms with van der Waals surface area (Å²) in [4.78, 5) is 49.0. The second-order valence-corrected chi connectivity index (χ2v) is 6.39. The third-order valence-corrected chi connectivity index (χ3v) is 4.29. The van der Waals surface area contributed by atoms with Gasteiger partial charge >= 0.3 is 6.03 Å². The van der Waals surface area contributed by atoms with Crippen LogP contribution < -0.4 is 20.1 Å². The van der Waals surface area contributed by atoms with E-state index < -0.39 is 29.9 Å². The molecule has 0 bridgehead atoms. The number of carbonyl (C=O) groups excluding carboxylic acids is 4. The molecule has 1 N–H and O–H groups in total. The van der Waals surface area contributed by atoms with Gasteiger partial charge in [-0.15, -0.1) is 0 Å². The van der Waals surface area contributed by atoms with Gasteiger partial charge in [0, 0.05) is 0 Å². The molecule has 1 heterocycles. The summed E-state index contributed by atoms with van der Waals surface area (Å²) >= 11 is 0. The predicted octanol–water partition coefficient (Wildman–Crippen LogP) is 1.18. The highest BCUT2D eigenvalue weighted by Crippen LogP contribution is 2.25. The van der Waals surface area contributed by atoms with Crippen LogP contribution in [0.15, 0.2) is 54.1 Å². The van der Waals surface area contributed by atoms with E-state index >= 15 is 0 Å². The van der Waals surface area contributed by atoms with Crippen LogP contribution in [-0.4, -0.2) is 29.9 Å². The highest BCUT2D eigenvalue weighted by atomic mass is 16.5. The standard InChI is InChI=1S/C21H18N2O6/c1-12-5-3-4-6-17(12)23-19(25)16(18(24)22-21(23)28)11-14-7-9-15(10-8-14)29-13(2)20(26)27/h3-11,13H,1-2H3,(H,26,27)(H,22,24,28)/p-1/b16-11+/t13-/m0/s1. The number of carboxylic acids is 1. The number of nitrogens with one attached hydrogen (secondary N) is 1. The first-order chi connectivity index (χ1) is 13.8. The van der Waals surface area contributed by atoms with Crippen molar-refractivity contribution >= 4 is 35.6 Å². The van der Waals surface area contributed by atoms with E-state index in [1.54, 1.807) is 43.3 Å². The van der Waals surface area contributed by atoms with Gasteiger partial charge in [-0.05, 0) is 49.2 Å². The van der Waals surface area contributed by atoms with Crippen LogP contribution in [0, 0.1) is 6.92 Å². The van der Waals surface area contributed by atoms with E-state index in [0.29, 0.717) is 22.6 Å². The number of aliphatic carboxylic acids is 1. The highest BCUT2D eigenvalue weighted by molar-refractivity contribution is 6.39. The zero-order valence-corrected chi connectivity index (χ0v) is 15.7. The Balaban J connectivity index is 1.89. The van der Waals surface area contributed by atoms with Crippen LogP contribution in [0.3, 0.4) is 0 Å². The molecule has 8 nitrogen and oxygen atoms in total. The van der Waals surface area contributed by atoms with Crippen LogP contribution in [0.4, 0.5) is 10.5 Å². The molecule has 1 aliphatic rings. The van der Waals surface area contributed by atoms with E-state index in [0.717, 1.165) is 4.90 Å². The minimum absolute atomic E-state index is 0.204. The number of rotatable bonds is 5. The van der Waals surface area contributed by atoms with E-state index in [1.807, 2.05) is 0 Å². The molecule has 1 saturated heterocycles. The molecule has 0 spiro atoms. The number of amides is 4. The second-order valence-electron chi connectivity index (χ2n) is 6.39. The number of carbonyl (C=O) groups is 4. The molecular formula is C21H17N2O6-. The number of nitrogens with zero attached hydrogens (tertiary/aromatic N) is 1. The average Bonchev–Trinajstić information content (AvgIpc) is 2.67. The minimum atomic E-state index is -1.35. The summed E-state index contributed by atoms with van der Waals surface area (Å²) in [7, 11) is 0. The van der Waals surface area contributed by atoms with Gasteiger partial charge in [-0.25, -0.2) is 9.69 Å². The Kier molecular flexibility index (Phi) is 5.45. The van der Waals surface area contributed by atoms with Gasteiger partial charge in [0.25, 0.3) is 11.8 Å². The van der Waals surface area contributed by atoms with E-state index in [4.69, 9.17) is 4.74 Å². The number of benzene rings is 2. The van der Waals surface area contributed by atoms with Crippen molar-refractivity contribution in [1.29, 1.82) is 0 Å². The summed E-state index contributed by atoms with van der Waals surface area (Å²) in [6.45, 7) is 3.09. The van der Waals surface area contributed by atoms with Crippen LogP contribution in [0.5, 0.6) is 5.75 Å². The number of carboxylic acid groups (broad SMARTS) is 1. The van der Waals surface area contributed by atoms with Crippen LogP contribution in [0.2, 0.25) is 0 Å². The summed E-state index contributed by atoms with van der Waals surface area (Å²) in [5.74, 6) is -2.59. The fourth-order valence-electron chi connectivity index (χ4n) is 2.75.